The summed E-state index contributed by atoms with van der Waals surface area (Å²) in [4.78, 5) is 12.4. The maximum Gasteiger partial charge on any atom is 0.275 e. The van der Waals surface area contributed by atoms with Gasteiger partial charge in [-0.05, 0) is 42.0 Å². The number of hydrogen-bond donors (Lipinski definition) is 2. The smallest absolute Gasteiger partial charge is 0.275 e. The molecular formula is C20H18N2O3. The predicted octanol–water partition coefficient (Wildman–Crippen LogP) is 3.71. The van der Waals surface area contributed by atoms with Crippen LogP contribution in [0.2, 0.25) is 0 Å². The van der Waals surface area contributed by atoms with Gasteiger partial charge < -0.3 is 9.84 Å². The van der Waals surface area contributed by atoms with Crippen LogP contribution in [0, 0.1) is 0 Å². The average Bonchev–Trinajstić information content (AvgIpc) is 2.65. The summed E-state index contributed by atoms with van der Waals surface area (Å²) in [6.45, 7) is 1.78. The molecule has 5 heteroatoms. The van der Waals surface area contributed by atoms with Crippen LogP contribution in [0.1, 0.15) is 22.8 Å². The molecule has 1 amide bonds. The van der Waals surface area contributed by atoms with Gasteiger partial charge in [-0.1, -0.05) is 36.4 Å². The van der Waals surface area contributed by atoms with Crippen molar-refractivity contribution in [3.63, 3.8) is 0 Å². The molecule has 2 N–H and O–H groups in total. The third-order valence-electron chi connectivity index (χ3n) is 3.93. The molecule has 0 fully saturated rings. The van der Waals surface area contributed by atoms with Gasteiger partial charge in [-0.3, -0.25) is 4.79 Å². The van der Waals surface area contributed by atoms with Gasteiger partial charge >= 0.3 is 0 Å². The Morgan fingerprint density at radius 2 is 1.64 bits per heavy atom. The van der Waals surface area contributed by atoms with Gasteiger partial charge in [-0.15, -0.1) is 0 Å². The Morgan fingerprint density at radius 3 is 2.36 bits per heavy atom. The van der Waals surface area contributed by atoms with Gasteiger partial charge in [0.25, 0.3) is 5.91 Å². The number of carbonyl (C=O) groups is 1. The van der Waals surface area contributed by atoms with E-state index in [2.05, 4.69) is 10.5 Å². The van der Waals surface area contributed by atoms with Crippen LogP contribution in [0.4, 0.5) is 0 Å². The summed E-state index contributed by atoms with van der Waals surface area (Å²) < 4.78 is 5.29. The molecule has 0 atom stereocenters. The van der Waals surface area contributed by atoms with E-state index in [9.17, 15) is 9.90 Å². The number of nitrogens with zero attached hydrogens (tertiary/aromatic N) is 1. The van der Waals surface area contributed by atoms with Crippen molar-refractivity contribution in [2.24, 2.45) is 5.10 Å². The van der Waals surface area contributed by atoms with Crippen molar-refractivity contribution in [2.75, 3.05) is 7.11 Å². The van der Waals surface area contributed by atoms with Gasteiger partial charge in [-0.25, -0.2) is 5.43 Å². The number of amides is 1. The highest BCUT2D eigenvalue weighted by Gasteiger charge is 2.12. The largest absolute Gasteiger partial charge is 0.507 e. The molecular weight excluding hydrogens is 316 g/mol. The molecule has 0 saturated carbocycles. The number of hydrogen-bond acceptors (Lipinski definition) is 4. The zero-order valence-corrected chi connectivity index (χ0v) is 14.0. The monoisotopic (exact) mass is 334 g/mol. The molecule has 3 rings (SSSR count). The van der Waals surface area contributed by atoms with Crippen LogP contribution in [-0.2, 0) is 0 Å². The lowest BCUT2D eigenvalue weighted by Crippen LogP contribution is -2.19. The second-order valence-electron chi connectivity index (χ2n) is 5.55. The minimum atomic E-state index is -0.475. The maximum absolute atomic E-state index is 12.4. The Balaban J connectivity index is 1.86. The van der Waals surface area contributed by atoms with Gasteiger partial charge in [0.1, 0.15) is 11.5 Å². The van der Waals surface area contributed by atoms with E-state index in [-0.39, 0.29) is 11.3 Å². The van der Waals surface area contributed by atoms with Crippen molar-refractivity contribution in [1.29, 1.82) is 0 Å². The van der Waals surface area contributed by atoms with E-state index in [1.54, 1.807) is 26.2 Å². The standard InChI is InChI=1S/C20H18N2O3/c1-13(16-9-5-6-10-19(16)25-2)21-22-20(24)17-11-14-7-3-4-8-15(14)12-18(17)23/h3-12,23H,1-2H3,(H,22,24)/b21-13-. The van der Waals surface area contributed by atoms with Crippen LogP contribution in [0.15, 0.2) is 65.8 Å². The lowest BCUT2D eigenvalue weighted by Gasteiger charge is -2.09. The van der Waals surface area contributed by atoms with Gasteiger partial charge in [0.15, 0.2) is 0 Å². The van der Waals surface area contributed by atoms with Crippen LogP contribution in [-0.4, -0.2) is 23.8 Å². The topological polar surface area (TPSA) is 70.9 Å². The molecule has 0 aromatic heterocycles. The van der Waals surface area contributed by atoms with E-state index >= 15 is 0 Å². The van der Waals surface area contributed by atoms with Crippen molar-refractivity contribution in [3.05, 3.63) is 71.8 Å². The molecule has 3 aromatic carbocycles. The van der Waals surface area contributed by atoms with E-state index in [1.165, 1.54) is 0 Å². The molecule has 0 heterocycles. The minimum Gasteiger partial charge on any atom is -0.507 e. The van der Waals surface area contributed by atoms with Crippen LogP contribution >= 0.6 is 0 Å². The summed E-state index contributed by atoms with van der Waals surface area (Å²) in [6, 6.07) is 18.1. The first-order chi connectivity index (χ1) is 12.1. The molecule has 0 aliphatic heterocycles. The summed E-state index contributed by atoms with van der Waals surface area (Å²) >= 11 is 0. The highest BCUT2D eigenvalue weighted by molar-refractivity contribution is 6.04. The first kappa shape index (κ1) is 16.5. The summed E-state index contributed by atoms with van der Waals surface area (Å²) in [6.07, 6.45) is 0. The van der Waals surface area contributed by atoms with Crippen LogP contribution in [0.25, 0.3) is 10.8 Å². The number of aromatic hydroxyl groups is 1. The fourth-order valence-electron chi connectivity index (χ4n) is 2.61. The zero-order valence-electron chi connectivity index (χ0n) is 14.0. The van der Waals surface area contributed by atoms with Crippen molar-refractivity contribution >= 4 is 22.4 Å². The first-order valence-corrected chi connectivity index (χ1v) is 7.80. The number of phenolic OH excluding ortho intramolecular Hbond substituents is 1. The number of hydrazone groups is 1. The lowest BCUT2D eigenvalue weighted by molar-refractivity contribution is 0.0952. The highest BCUT2D eigenvalue weighted by atomic mass is 16.5. The predicted molar refractivity (Wildman–Crippen MR) is 98.3 cm³/mol. The van der Waals surface area contributed by atoms with Gasteiger partial charge in [0, 0.05) is 5.56 Å². The van der Waals surface area contributed by atoms with Gasteiger partial charge in [0.2, 0.25) is 0 Å². The highest BCUT2D eigenvalue weighted by Crippen LogP contribution is 2.25. The van der Waals surface area contributed by atoms with E-state index in [4.69, 9.17) is 4.74 Å². The fourth-order valence-corrected chi connectivity index (χ4v) is 2.61. The second-order valence-corrected chi connectivity index (χ2v) is 5.55. The van der Waals surface area contributed by atoms with Crippen LogP contribution in [0.3, 0.4) is 0 Å². The van der Waals surface area contributed by atoms with Crippen LogP contribution in [0.5, 0.6) is 11.5 Å². The summed E-state index contributed by atoms with van der Waals surface area (Å²) in [7, 11) is 1.58. The molecule has 3 aromatic rings. The Labute approximate surface area is 145 Å². The quantitative estimate of drug-likeness (QED) is 0.564. The van der Waals surface area contributed by atoms with Crippen LogP contribution < -0.4 is 10.2 Å². The average molecular weight is 334 g/mol. The van der Waals surface area contributed by atoms with Gasteiger partial charge in [-0.2, -0.15) is 5.10 Å². The summed E-state index contributed by atoms with van der Waals surface area (Å²) in [5.74, 6) is 0.116. The molecule has 5 nitrogen and oxygen atoms in total. The molecule has 0 unspecified atom stereocenters. The molecule has 0 radical (unpaired) electrons. The number of fused-ring (bicyclic) bond motifs is 1. The maximum atomic E-state index is 12.4. The number of rotatable bonds is 4. The first-order valence-electron chi connectivity index (χ1n) is 7.80. The van der Waals surface area contributed by atoms with E-state index in [0.717, 1.165) is 16.3 Å². The minimum absolute atomic E-state index is 0.0821. The third-order valence-corrected chi connectivity index (χ3v) is 3.93. The van der Waals surface area contributed by atoms with Gasteiger partial charge in [0.05, 0.1) is 18.4 Å². The number of benzene rings is 3. The molecule has 0 aliphatic rings. The van der Waals surface area contributed by atoms with Crippen molar-refractivity contribution in [2.45, 2.75) is 6.92 Å². The van der Waals surface area contributed by atoms with Crippen molar-refractivity contribution in [1.82, 2.24) is 5.43 Å². The van der Waals surface area contributed by atoms with E-state index < -0.39 is 5.91 Å². The third kappa shape index (κ3) is 3.45. The van der Waals surface area contributed by atoms with Crippen molar-refractivity contribution in [3.8, 4) is 11.5 Å². The number of nitrogens with one attached hydrogen (secondary N) is 1. The Bertz CT molecular complexity index is 964. The zero-order chi connectivity index (χ0) is 17.8. The normalized spacial score (nSPS) is 11.4. The number of carbonyl (C=O) groups excluding carboxylic acids is 1. The number of methoxy groups -OCH3 is 1. The Morgan fingerprint density at radius 1 is 1.00 bits per heavy atom. The van der Waals surface area contributed by atoms with E-state index in [1.807, 2.05) is 48.5 Å². The fraction of sp³-hybridized carbons (Fsp3) is 0.100. The SMILES string of the molecule is COc1ccccc1/C(C)=N\NC(=O)c1cc2ccccc2cc1O. The molecule has 126 valence electrons. The summed E-state index contributed by atoms with van der Waals surface area (Å²) in [5.41, 5.74) is 4.05. The molecule has 0 saturated heterocycles. The number of ether oxygens (including phenoxy) is 1. The molecule has 0 bridgehead atoms. The molecule has 0 spiro atoms. The molecule has 25 heavy (non-hydrogen) atoms. The van der Waals surface area contributed by atoms with E-state index in [0.29, 0.717) is 11.5 Å². The Kier molecular flexibility index (Phi) is 4.66. The number of para-hydroxylation sites is 1. The van der Waals surface area contributed by atoms with Crippen molar-refractivity contribution < 1.29 is 14.6 Å². The number of phenols is 1. The Hall–Kier alpha value is -3.34. The molecule has 0 aliphatic carbocycles. The summed E-state index contributed by atoms with van der Waals surface area (Å²) in [5, 5.41) is 16.0. The second kappa shape index (κ2) is 7.05. The lowest BCUT2D eigenvalue weighted by atomic mass is 10.1.